The molecule has 2 atom stereocenters. The van der Waals surface area contributed by atoms with Gasteiger partial charge in [0.2, 0.25) is 0 Å². The number of hydrogen-bond donors (Lipinski definition) is 1. The Morgan fingerprint density at radius 2 is 2.00 bits per heavy atom. The van der Waals surface area contributed by atoms with Crippen LogP contribution in [0, 0.1) is 0 Å². The van der Waals surface area contributed by atoms with Crippen molar-refractivity contribution in [3.05, 3.63) is 12.2 Å². The molecule has 112 valence electrons. The molecule has 0 bridgehead atoms. The molecule has 4 heteroatoms. The van der Waals surface area contributed by atoms with Gasteiger partial charge in [-0.25, -0.2) is 0 Å². The van der Waals surface area contributed by atoms with Crippen LogP contribution in [0.4, 0.5) is 0 Å². The molecule has 19 heavy (non-hydrogen) atoms. The van der Waals surface area contributed by atoms with Gasteiger partial charge >= 0.3 is 5.97 Å². The summed E-state index contributed by atoms with van der Waals surface area (Å²) in [5, 5.41) is 10.3. The van der Waals surface area contributed by atoms with Crippen molar-refractivity contribution in [1.29, 1.82) is 0 Å². The van der Waals surface area contributed by atoms with Crippen LogP contribution in [-0.4, -0.2) is 28.1 Å². The number of alkyl halides is 1. The first-order valence-corrected chi connectivity index (χ1v) is 8.03. The highest BCUT2D eigenvalue weighted by Gasteiger charge is 2.42. The lowest BCUT2D eigenvalue weighted by atomic mass is 9.94. The maximum Gasteiger partial charge on any atom is 0.325 e. The highest BCUT2D eigenvalue weighted by molar-refractivity contribution is 9.10. The van der Waals surface area contributed by atoms with Gasteiger partial charge in [-0.1, -0.05) is 67.6 Å². The molecular formula is C15H27BrO3. The van der Waals surface area contributed by atoms with Crippen molar-refractivity contribution in [3.8, 4) is 0 Å². The van der Waals surface area contributed by atoms with E-state index in [0.717, 1.165) is 32.1 Å². The number of esters is 1. The van der Waals surface area contributed by atoms with E-state index in [1.165, 1.54) is 0 Å². The molecule has 0 aromatic heterocycles. The summed E-state index contributed by atoms with van der Waals surface area (Å²) in [6.07, 6.45) is 8.27. The number of carbonyl (C=O) groups excluding carboxylic acids is 1. The van der Waals surface area contributed by atoms with Gasteiger partial charge in [0, 0.05) is 0 Å². The number of unbranched alkanes of at least 4 members (excludes halogenated alkanes) is 3. The molecule has 0 aromatic rings. The van der Waals surface area contributed by atoms with Crippen LogP contribution in [-0.2, 0) is 9.53 Å². The molecule has 0 saturated heterocycles. The third kappa shape index (κ3) is 6.57. The second-order valence-electron chi connectivity index (χ2n) is 4.70. The van der Waals surface area contributed by atoms with Gasteiger partial charge in [0.15, 0.2) is 4.32 Å². The zero-order valence-electron chi connectivity index (χ0n) is 12.3. The molecular weight excluding hydrogens is 308 g/mol. The second-order valence-corrected chi connectivity index (χ2v) is 6.12. The van der Waals surface area contributed by atoms with E-state index in [4.69, 9.17) is 4.74 Å². The normalized spacial score (nSPS) is 16.3. The first kappa shape index (κ1) is 18.7. The fourth-order valence-corrected chi connectivity index (χ4v) is 2.35. The Morgan fingerprint density at radius 1 is 1.32 bits per heavy atom. The molecule has 0 aliphatic carbocycles. The Kier molecular flexibility index (Phi) is 10.2. The number of aliphatic hydroxyl groups excluding tert-OH is 1. The van der Waals surface area contributed by atoms with Crippen LogP contribution >= 0.6 is 15.9 Å². The van der Waals surface area contributed by atoms with E-state index in [1.54, 1.807) is 13.0 Å². The summed E-state index contributed by atoms with van der Waals surface area (Å²) >= 11 is 3.42. The van der Waals surface area contributed by atoms with Crippen LogP contribution in [0.1, 0.15) is 59.3 Å². The third-order valence-corrected chi connectivity index (χ3v) is 4.19. The Balaban J connectivity index is 4.76. The van der Waals surface area contributed by atoms with E-state index in [0.29, 0.717) is 13.0 Å². The minimum atomic E-state index is -1.01. The summed E-state index contributed by atoms with van der Waals surface area (Å²) in [4.78, 5) is 12.1. The Hall–Kier alpha value is -0.350. The highest BCUT2D eigenvalue weighted by Crippen LogP contribution is 2.32. The fourth-order valence-electron chi connectivity index (χ4n) is 1.80. The summed E-state index contributed by atoms with van der Waals surface area (Å²) in [7, 11) is 0. The average molecular weight is 335 g/mol. The number of carbonyl (C=O) groups is 1. The molecule has 0 heterocycles. The third-order valence-electron chi connectivity index (χ3n) is 3.00. The van der Waals surface area contributed by atoms with Crippen molar-refractivity contribution in [3.63, 3.8) is 0 Å². The van der Waals surface area contributed by atoms with E-state index in [1.807, 2.05) is 6.08 Å². The molecule has 0 aliphatic heterocycles. The first-order valence-electron chi connectivity index (χ1n) is 7.23. The van der Waals surface area contributed by atoms with Crippen molar-refractivity contribution in [1.82, 2.24) is 0 Å². The maximum absolute atomic E-state index is 12.1. The van der Waals surface area contributed by atoms with Crippen LogP contribution in [0.3, 0.4) is 0 Å². The lowest BCUT2D eigenvalue weighted by Gasteiger charge is -2.28. The van der Waals surface area contributed by atoms with Crippen LogP contribution in [0.25, 0.3) is 0 Å². The van der Waals surface area contributed by atoms with Crippen LogP contribution in [0.5, 0.6) is 0 Å². The monoisotopic (exact) mass is 334 g/mol. The van der Waals surface area contributed by atoms with Crippen molar-refractivity contribution in [2.24, 2.45) is 0 Å². The van der Waals surface area contributed by atoms with Crippen LogP contribution in [0.15, 0.2) is 12.2 Å². The second kappa shape index (κ2) is 10.4. The first-order chi connectivity index (χ1) is 9.02. The van der Waals surface area contributed by atoms with Crippen LogP contribution in [0.2, 0.25) is 0 Å². The maximum atomic E-state index is 12.1. The molecule has 0 radical (unpaired) electrons. The van der Waals surface area contributed by atoms with Crippen molar-refractivity contribution >= 4 is 21.9 Å². The summed E-state index contributed by atoms with van der Waals surface area (Å²) in [6.45, 7) is 6.28. The number of rotatable bonds is 10. The topological polar surface area (TPSA) is 46.5 Å². The van der Waals surface area contributed by atoms with Gasteiger partial charge in [0.1, 0.15) is 0 Å². The molecule has 0 amide bonds. The molecule has 0 fully saturated rings. The largest absolute Gasteiger partial charge is 0.465 e. The average Bonchev–Trinajstić information content (AvgIpc) is 2.39. The summed E-state index contributed by atoms with van der Waals surface area (Å²) < 4.78 is 4.07. The molecule has 2 unspecified atom stereocenters. The van der Waals surface area contributed by atoms with E-state index in [2.05, 4.69) is 29.8 Å². The van der Waals surface area contributed by atoms with Gasteiger partial charge in [0.05, 0.1) is 12.7 Å². The minimum absolute atomic E-state index is 0.325. The van der Waals surface area contributed by atoms with E-state index >= 15 is 0 Å². The zero-order chi connectivity index (χ0) is 14.7. The summed E-state index contributed by atoms with van der Waals surface area (Å²) in [5.74, 6) is -0.375. The highest BCUT2D eigenvalue weighted by atomic mass is 79.9. The molecule has 0 spiro atoms. The van der Waals surface area contributed by atoms with Gasteiger partial charge in [-0.3, -0.25) is 4.79 Å². The van der Waals surface area contributed by atoms with E-state index in [9.17, 15) is 9.90 Å². The number of aliphatic hydroxyl groups is 1. The Morgan fingerprint density at radius 3 is 2.53 bits per heavy atom. The van der Waals surface area contributed by atoms with E-state index < -0.39 is 10.4 Å². The Bertz CT molecular complexity index is 279. The predicted molar refractivity (Wildman–Crippen MR) is 82.5 cm³/mol. The lowest BCUT2D eigenvalue weighted by molar-refractivity contribution is -0.148. The summed E-state index contributed by atoms with van der Waals surface area (Å²) in [5.41, 5.74) is 0. The number of halogens is 1. The Labute approximate surface area is 125 Å². The van der Waals surface area contributed by atoms with Gasteiger partial charge in [-0.05, 0) is 19.8 Å². The van der Waals surface area contributed by atoms with Crippen molar-refractivity contribution in [2.75, 3.05) is 6.61 Å². The molecule has 3 nitrogen and oxygen atoms in total. The van der Waals surface area contributed by atoms with Gasteiger partial charge < -0.3 is 9.84 Å². The van der Waals surface area contributed by atoms with Gasteiger partial charge in [-0.2, -0.15) is 0 Å². The molecule has 0 rings (SSSR count). The number of hydrogen-bond acceptors (Lipinski definition) is 3. The quantitative estimate of drug-likeness (QED) is 0.284. The van der Waals surface area contributed by atoms with E-state index in [-0.39, 0.29) is 5.97 Å². The molecule has 0 saturated carbocycles. The minimum Gasteiger partial charge on any atom is -0.465 e. The number of ether oxygens (including phenoxy) is 1. The van der Waals surface area contributed by atoms with Crippen molar-refractivity contribution in [2.45, 2.75) is 69.7 Å². The molecule has 1 N–H and O–H groups in total. The SMILES string of the molecule is CCC/C=C/C(O)C(Br)(CCCCC)C(=O)OCC. The van der Waals surface area contributed by atoms with Crippen LogP contribution < -0.4 is 0 Å². The van der Waals surface area contributed by atoms with Crippen molar-refractivity contribution < 1.29 is 14.6 Å². The zero-order valence-corrected chi connectivity index (χ0v) is 13.9. The number of allylic oxidation sites excluding steroid dienone is 1. The standard InChI is InChI=1S/C15H27BrO3/c1-4-7-9-11-13(17)15(16,12-10-8-5-2)14(18)19-6-3/h9,11,13,17H,4-8,10,12H2,1-3H3/b11-9+. The summed E-state index contributed by atoms with van der Waals surface area (Å²) in [6, 6.07) is 0. The lowest BCUT2D eigenvalue weighted by Crippen LogP contribution is -2.44. The van der Waals surface area contributed by atoms with Gasteiger partial charge in [-0.15, -0.1) is 0 Å². The predicted octanol–water partition coefficient (Wildman–Crippen LogP) is 3.98. The fraction of sp³-hybridized carbons (Fsp3) is 0.800. The molecule has 0 aliphatic rings. The van der Waals surface area contributed by atoms with Gasteiger partial charge in [0.25, 0.3) is 0 Å². The molecule has 0 aromatic carbocycles. The smallest absolute Gasteiger partial charge is 0.325 e.